The number of rotatable bonds is 10. The number of hydrogen-bond acceptors (Lipinski definition) is 4. The van der Waals surface area contributed by atoms with E-state index in [1.807, 2.05) is 30.3 Å². The van der Waals surface area contributed by atoms with Crippen LogP contribution in [0.1, 0.15) is 18.4 Å². The van der Waals surface area contributed by atoms with Gasteiger partial charge in [-0.1, -0.05) is 36.9 Å². The van der Waals surface area contributed by atoms with Crippen molar-refractivity contribution in [3.05, 3.63) is 54.1 Å². The van der Waals surface area contributed by atoms with Crippen molar-refractivity contribution >= 4 is 17.9 Å². The zero-order chi connectivity index (χ0) is 17.8. The summed E-state index contributed by atoms with van der Waals surface area (Å²) in [6.45, 7) is 3.81. The normalized spacial score (nSPS) is 11.9. The van der Waals surface area contributed by atoms with E-state index in [1.54, 1.807) is 6.08 Å². The Bertz CT molecular complexity index is 570. The maximum Gasteiger partial charge on any atom is 0.249 e. The predicted octanol–water partition coefficient (Wildman–Crippen LogP) is 0.622. The summed E-state index contributed by atoms with van der Waals surface area (Å²) < 4.78 is 0. The van der Waals surface area contributed by atoms with Crippen molar-refractivity contribution in [2.45, 2.75) is 18.9 Å². The summed E-state index contributed by atoms with van der Waals surface area (Å²) >= 11 is 0. The van der Waals surface area contributed by atoms with Crippen molar-refractivity contribution in [3.63, 3.8) is 0 Å². The van der Waals surface area contributed by atoms with E-state index in [4.69, 9.17) is 5.11 Å². The molecule has 6 heteroatoms. The van der Waals surface area contributed by atoms with Gasteiger partial charge in [-0.3, -0.25) is 9.59 Å². The molecule has 0 saturated carbocycles. The van der Waals surface area contributed by atoms with Crippen molar-refractivity contribution in [1.82, 2.24) is 10.6 Å². The molecule has 130 valence electrons. The van der Waals surface area contributed by atoms with Crippen LogP contribution in [-0.2, 0) is 9.59 Å². The fourth-order valence-electron chi connectivity index (χ4n) is 1.83. The summed E-state index contributed by atoms with van der Waals surface area (Å²) in [7, 11) is 0. The highest BCUT2D eigenvalue weighted by molar-refractivity contribution is 5.93. The van der Waals surface area contributed by atoms with Gasteiger partial charge in [0, 0.05) is 24.7 Å². The molecule has 0 aliphatic rings. The molecule has 1 atom stereocenters. The van der Waals surface area contributed by atoms with E-state index in [0.29, 0.717) is 25.9 Å². The summed E-state index contributed by atoms with van der Waals surface area (Å²) in [6.07, 6.45) is 3.38. The molecule has 1 rings (SSSR count). The molecule has 2 amide bonds. The van der Waals surface area contributed by atoms with E-state index in [1.165, 1.54) is 6.08 Å². The average Bonchev–Trinajstić information content (AvgIpc) is 2.62. The summed E-state index contributed by atoms with van der Waals surface area (Å²) in [5, 5.41) is 23.4. The van der Waals surface area contributed by atoms with Gasteiger partial charge in [-0.2, -0.15) is 0 Å². The third-order valence-corrected chi connectivity index (χ3v) is 3.28. The van der Waals surface area contributed by atoms with Gasteiger partial charge < -0.3 is 20.8 Å². The Balaban J connectivity index is 2.11. The lowest BCUT2D eigenvalue weighted by Gasteiger charge is -2.11. The molecule has 0 radical (unpaired) electrons. The Hall–Kier alpha value is -2.44. The van der Waals surface area contributed by atoms with Crippen LogP contribution in [0.3, 0.4) is 0 Å². The monoisotopic (exact) mass is 332 g/mol. The summed E-state index contributed by atoms with van der Waals surface area (Å²) in [5.74, 6) is -0.645. The minimum atomic E-state index is -1.24. The number of benzene rings is 1. The number of aliphatic hydroxyl groups excluding tert-OH is 2. The van der Waals surface area contributed by atoms with Crippen LogP contribution in [0.5, 0.6) is 0 Å². The highest BCUT2D eigenvalue weighted by Gasteiger charge is 2.14. The second-order valence-corrected chi connectivity index (χ2v) is 5.22. The van der Waals surface area contributed by atoms with Gasteiger partial charge in [0.05, 0.1) is 6.61 Å². The Morgan fingerprint density at radius 2 is 1.75 bits per heavy atom. The quantitative estimate of drug-likeness (QED) is 0.373. The summed E-state index contributed by atoms with van der Waals surface area (Å²) in [5.41, 5.74) is 0.900. The van der Waals surface area contributed by atoms with E-state index >= 15 is 0 Å². The van der Waals surface area contributed by atoms with Gasteiger partial charge in [-0.25, -0.2) is 0 Å². The minimum Gasteiger partial charge on any atom is -0.393 e. The van der Waals surface area contributed by atoms with Gasteiger partial charge >= 0.3 is 0 Å². The van der Waals surface area contributed by atoms with E-state index in [9.17, 15) is 14.7 Å². The van der Waals surface area contributed by atoms with Crippen molar-refractivity contribution in [3.8, 4) is 0 Å². The molecular formula is C18H24N2O4. The smallest absolute Gasteiger partial charge is 0.249 e. The molecule has 0 heterocycles. The van der Waals surface area contributed by atoms with Crippen molar-refractivity contribution < 1.29 is 19.8 Å². The predicted molar refractivity (Wildman–Crippen MR) is 93.0 cm³/mol. The third-order valence-electron chi connectivity index (χ3n) is 3.28. The van der Waals surface area contributed by atoms with Crippen molar-refractivity contribution in [2.24, 2.45) is 0 Å². The number of nitrogens with one attached hydrogen (secondary N) is 2. The maximum atomic E-state index is 11.6. The number of hydrogen-bond donors (Lipinski definition) is 4. The molecule has 1 aromatic rings. The number of amides is 2. The fourth-order valence-corrected chi connectivity index (χ4v) is 1.83. The van der Waals surface area contributed by atoms with Gasteiger partial charge in [-0.05, 0) is 24.5 Å². The number of carbonyl (C=O) groups is 2. The number of carbonyl (C=O) groups excluding carboxylic acids is 2. The molecule has 0 bridgehead atoms. The van der Waals surface area contributed by atoms with E-state index in [2.05, 4.69) is 17.2 Å². The second-order valence-electron chi connectivity index (χ2n) is 5.22. The van der Waals surface area contributed by atoms with Crippen LogP contribution in [-0.4, -0.2) is 47.8 Å². The first-order valence-electron chi connectivity index (χ1n) is 7.81. The van der Waals surface area contributed by atoms with E-state index in [-0.39, 0.29) is 11.5 Å². The van der Waals surface area contributed by atoms with Crippen LogP contribution in [0.2, 0.25) is 0 Å². The maximum absolute atomic E-state index is 11.6. The van der Waals surface area contributed by atoms with E-state index in [0.717, 1.165) is 5.56 Å². The lowest BCUT2D eigenvalue weighted by atomic mass is 10.1. The second kappa shape index (κ2) is 11.2. The van der Waals surface area contributed by atoms with Crippen molar-refractivity contribution in [2.75, 3.05) is 19.7 Å². The molecule has 0 aliphatic carbocycles. The zero-order valence-corrected chi connectivity index (χ0v) is 13.6. The first-order chi connectivity index (χ1) is 11.5. The SMILES string of the molecule is C=C(C(=O)NCCCCNC(=O)/C=C/c1ccccc1)[C@H](O)CO. The lowest BCUT2D eigenvalue weighted by molar-refractivity contribution is -0.119. The highest BCUT2D eigenvalue weighted by atomic mass is 16.3. The molecule has 6 nitrogen and oxygen atoms in total. The van der Waals surface area contributed by atoms with Crippen LogP contribution in [0.4, 0.5) is 0 Å². The molecule has 24 heavy (non-hydrogen) atoms. The van der Waals surface area contributed by atoms with Crippen LogP contribution in [0, 0.1) is 0 Å². The largest absolute Gasteiger partial charge is 0.393 e. The zero-order valence-electron chi connectivity index (χ0n) is 13.6. The fraction of sp³-hybridized carbons (Fsp3) is 0.333. The molecule has 0 fully saturated rings. The molecule has 0 aromatic heterocycles. The summed E-state index contributed by atoms with van der Waals surface area (Å²) in [4.78, 5) is 23.2. The first kappa shape index (κ1) is 19.6. The molecular weight excluding hydrogens is 308 g/mol. The Kier molecular flexibility index (Phi) is 9.11. The molecule has 4 N–H and O–H groups in total. The topological polar surface area (TPSA) is 98.7 Å². The van der Waals surface area contributed by atoms with E-state index < -0.39 is 18.6 Å². The van der Waals surface area contributed by atoms with Crippen LogP contribution in [0.15, 0.2) is 48.6 Å². The first-order valence-corrected chi connectivity index (χ1v) is 7.81. The number of aliphatic hydroxyl groups is 2. The van der Waals surface area contributed by atoms with Gasteiger partial charge in [0.2, 0.25) is 11.8 Å². The Labute approximate surface area is 141 Å². The van der Waals surface area contributed by atoms with Crippen LogP contribution >= 0.6 is 0 Å². The van der Waals surface area contributed by atoms with Gasteiger partial charge in [0.25, 0.3) is 0 Å². The standard InChI is InChI=1S/C18H24N2O4/c1-14(16(22)13-21)18(24)20-12-6-5-11-19-17(23)10-9-15-7-3-2-4-8-15/h2-4,7-10,16,21-22H,1,5-6,11-13H2,(H,19,23)(H,20,24)/b10-9+/t16-/m1/s1. The Morgan fingerprint density at radius 1 is 1.12 bits per heavy atom. The summed E-state index contributed by atoms with van der Waals surface area (Å²) in [6, 6.07) is 9.54. The molecule has 1 aromatic carbocycles. The molecule has 0 saturated heterocycles. The Morgan fingerprint density at radius 3 is 2.38 bits per heavy atom. The van der Waals surface area contributed by atoms with Gasteiger partial charge in [0.1, 0.15) is 6.10 Å². The molecule has 0 unspecified atom stereocenters. The van der Waals surface area contributed by atoms with Crippen LogP contribution in [0.25, 0.3) is 6.08 Å². The van der Waals surface area contributed by atoms with Crippen molar-refractivity contribution in [1.29, 1.82) is 0 Å². The average molecular weight is 332 g/mol. The molecule has 0 spiro atoms. The number of unbranched alkanes of at least 4 members (excludes halogenated alkanes) is 1. The van der Waals surface area contributed by atoms with Gasteiger partial charge in [-0.15, -0.1) is 0 Å². The van der Waals surface area contributed by atoms with Gasteiger partial charge in [0.15, 0.2) is 0 Å². The molecule has 0 aliphatic heterocycles. The van der Waals surface area contributed by atoms with Crippen LogP contribution < -0.4 is 10.6 Å². The minimum absolute atomic E-state index is 0.0585. The lowest BCUT2D eigenvalue weighted by Crippen LogP contribution is -2.32. The highest BCUT2D eigenvalue weighted by Crippen LogP contribution is 2.00. The third kappa shape index (κ3) is 7.71.